The smallest absolute Gasteiger partial charge is 0.339 e. The number of aryl methyl sites for hydroxylation is 1. The van der Waals surface area contributed by atoms with Gasteiger partial charge in [-0.05, 0) is 56.5 Å². The number of nitrogens with one attached hydrogen (secondary N) is 1. The molecule has 0 spiro atoms. The summed E-state index contributed by atoms with van der Waals surface area (Å²) >= 11 is 7.35. The summed E-state index contributed by atoms with van der Waals surface area (Å²) in [5.41, 5.74) is 2.90. The molecule has 3 aromatic rings. The van der Waals surface area contributed by atoms with Crippen molar-refractivity contribution in [1.82, 2.24) is 19.7 Å². The van der Waals surface area contributed by atoms with Crippen LogP contribution in [0.15, 0.2) is 29.4 Å². The van der Waals surface area contributed by atoms with Crippen molar-refractivity contribution >= 4 is 35.1 Å². The van der Waals surface area contributed by atoms with E-state index in [2.05, 4.69) is 15.2 Å². The number of benzene rings is 1. The van der Waals surface area contributed by atoms with E-state index in [0.717, 1.165) is 25.0 Å². The van der Waals surface area contributed by atoms with E-state index in [-0.39, 0.29) is 17.6 Å². The molecule has 1 fully saturated rings. The summed E-state index contributed by atoms with van der Waals surface area (Å²) < 4.78 is 12.7. The molecule has 2 aromatic heterocycles. The third-order valence-electron chi connectivity index (χ3n) is 5.67. The Bertz CT molecular complexity index is 1170. The number of carbonyl (C=O) groups is 2. The number of esters is 1. The Kier molecular flexibility index (Phi) is 7.21. The van der Waals surface area contributed by atoms with Crippen LogP contribution < -0.4 is 0 Å². The first-order valence-electron chi connectivity index (χ1n) is 10.6. The second-order valence-corrected chi connectivity index (χ2v) is 9.27. The third kappa shape index (κ3) is 5.00. The highest BCUT2D eigenvalue weighted by atomic mass is 35.5. The second-order valence-electron chi connectivity index (χ2n) is 7.89. The minimum absolute atomic E-state index is 0.0815. The molecule has 0 amide bonds. The molecule has 33 heavy (non-hydrogen) atoms. The molecule has 0 unspecified atom stereocenters. The zero-order chi connectivity index (χ0) is 23.5. The molecule has 8 nitrogen and oxygen atoms in total. The lowest BCUT2D eigenvalue weighted by molar-refractivity contribution is 0.0599. The standard InChI is InChI=1S/C23H25ClN4O4S/c1-13-19(22(30)31-3)14(2)25-20(13)18(29)12-33-23-27-26-21(15-6-8-16(24)9-7-15)28(23)11-17-5-4-10-32-17/h6-9,17,25H,4-5,10-12H2,1-3H3/t17-/m1/s1. The highest BCUT2D eigenvalue weighted by Gasteiger charge is 2.25. The predicted octanol–water partition coefficient (Wildman–Crippen LogP) is 4.48. The summed E-state index contributed by atoms with van der Waals surface area (Å²) in [6.07, 6.45) is 2.08. The molecule has 1 saturated heterocycles. The average Bonchev–Trinajstić information content (AvgIpc) is 3.53. The summed E-state index contributed by atoms with van der Waals surface area (Å²) in [5, 5.41) is 10.0. The number of methoxy groups -OCH3 is 1. The van der Waals surface area contributed by atoms with Crippen LogP contribution in [-0.2, 0) is 16.0 Å². The number of aromatic nitrogens is 4. The Morgan fingerprint density at radius 2 is 2.03 bits per heavy atom. The van der Waals surface area contributed by atoms with E-state index in [1.165, 1.54) is 18.9 Å². The Morgan fingerprint density at radius 3 is 2.70 bits per heavy atom. The second kappa shape index (κ2) is 10.1. The normalized spacial score (nSPS) is 15.7. The van der Waals surface area contributed by atoms with E-state index in [1.54, 1.807) is 13.8 Å². The van der Waals surface area contributed by atoms with Crippen LogP contribution in [0.5, 0.6) is 0 Å². The molecule has 1 aromatic carbocycles. The first kappa shape index (κ1) is 23.5. The first-order chi connectivity index (χ1) is 15.9. The number of hydrogen-bond donors (Lipinski definition) is 1. The van der Waals surface area contributed by atoms with Crippen molar-refractivity contribution in [1.29, 1.82) is 0 Å². The zero-order valence-corrected chi connectivity index (χ0v) is 20.3. The van der Waals surface area contributed by atoms with Gasteiger partial charge in [-0.3, -0.25) is 9.36 Å². The molecule has 0 radical (unpaired) electrons. The Hall–Kier alpha value is -2.62. The van der Waals surface area contributed by atoms with E-state index in [9.17, 15) is 9.59 Å². The van der Waals surface area contributed by atoms with Gasteiger partial charge in [0.2, 0.25) is 0 Å². The summed E-state index contributed by atoms with van der Waals surface area (Å²) in [6, 6.07) is 7.43. The van der Waals surface area contributed by atoms with Gasteiger partial charge < -0.3 is 14.5 Å². The Balaban J connectivity index is 1.57. The average molecular weight is 489 g/mol. The maximum absolute atomic E-state index is 13.0. The summed E-state index contributed by atoms with van der Waals surface area (Å²) in [6.45, 7) is 4.85. The van der Waals surface area contributed by atoms with E-state index in [4.69, 9.17) is 21.1 Å². The van der Waals surface area contributed by atoms with Crippen LogP contribution in [0.1, 0.15) is 44.9 Å². The third-order valence-corrected chi connectivity index (χ3v) is 6.89. The van der Waals surface area contributed by atoms with E-state index >= 15 is 0 Å². The van der Waals surface area contributed by atoms with Crippen molar-refractivity contribution in [2.75, 3.05) is 19.5 Å². The minimum atomic E-state index is -0.461. The first-order valence-corrected chi connectivity index (χ1v) is 12.0. The molecule has 1 N–H and O–H groups in total. The highest BCUT2D eigenvalue weighted by Crippen LogP contribution is 2.28. The molecule has 0 saturated carbocycles. The molecule has 10 heteroatoms. The van der Waals surface area contributed by atoms with Crippen molar-refractivity contribution in [3.63, 3.8) is 0 Å². The lowest BCUT2D eigenvalue weighted by Crippen LogP contribution is -2.17. The Morgan fingerprint density at radius 1 is 1.27 bits per heavy atom. The molecule has 1 aliphatic rings. The van der Waals surface area contributed by atoms with Crippen molar-refractivity contribution in [3.05, 3.63) is 51.8 Å². The van der Waals surface area contributed by atoms with Crippen LogP contribution in [0.2, 0.25) is 5.02 Å². The number of carbonyl (C=O) groups excluding carboxylic acids is 2. The quantitative estimate of drug-likeness (QED) is 0.283. The summed E-state index contributed by atoms with van der Waals surface area (Å²) in [5.74, 6) is 0.260. The van der Waals surface area contributed by atoms with E-state index < -0.39 is 5.97 Å². The number of nitrogens with zero attached hydrogens (tertiary/aromatic N) is 3. The van der Waals surface area contributed by atoms with Gasteiger partial charge in [-0.1, -0.05) is 23.4 Å². The number of ether oxygens (including phenoxy) is 2. The van der Waals surface area contributed by atoms with Gasteiger partial charge in [0.1, 0.15) is 0 Å². The molecular weight excluding hydrogens is 464 g/mol. The van der Waals surface area contributed by atoms with Gasteiger partial charge in [-0.2, -0.15) is 0 Å². The number of aromatic amines is 1. The van der Waals surface area contributed by atoms with Crippen molar-refractivity contribution < 1.29 is 19.1 Å². The number of ketones is 1. The van der Waals surface area contributed by atoms with Crippen molar-refractivity contribution in [2.45, 2.75) is 44.5 Å². The maximum atomic E-state index is 13.0. The van der Waals surface area contributed by atoms with E-state index in [0.29, 0.717) is 45.1 Å². The van der Waals surface area contributed by atoms with Crippen molar-refractivity contribution in [3.8, 4) is 11.4 Å². The number of halogens is 1. The molecule has 3 heterocycles. The SMILES string of the molecule is COC(=O)c1c(C)[nH]c(C(=O)CSc2nnc(-c3ccc(Cl)cc3)n2C[C@H]2CCCO2)c1C. The monoisotopic (exact) mass is 488 g/mol. The topological polar surface area (TPSA) is 99.1 Å². The van der Waals surface area contributed by atoms with Gasteiger partial charge in [0, 0.05) is 22.9 Å². The largest absolute Gasteiger partial charge is 0.465 e. The molecule has 1 aliphatic heterocycles. The predicted molar refractivity (Wildman–Crippen MR) is 126 cm³/mol. The number of Topliss-reactive ketones (excluding diaryl/α,β-unsaturated/α-hetero) is 1. The highest BCUT2D eigenvalue weighted by molar-refractivity contribution is 7.99. The molecule has 174 valence electrons. The number of H-pyrrole nitrogens is 1. The van der Waals surface area contributed by atoms with Gasteiger partial charge in [0.05, 0.1) is 36.8 Å². The lowest BCUT2D eigenvalue weighted by atomic mass is 10.1. The number of thioether (sulfide) groups is 1. The van der Waals surface area contributed by atoms with Gasteiger partial charge in [0.25, 0.3) is 0 Å². The van der Waals surface area contributed by atoms with Crippen LogP contribution in [0.4, 0.5) is 0 Å². The minimum Gasteiger partial charge on any atom is -0.465 e. The lowest BCUT2D eigenvalue weighted by Gasteiger charge is -2.14. The van der Waals surface area contributed by atoms with Gasteiger partial charge in [0.15, 0.2) is 16.8 Å². The van der Waals surface area contributed by atoms with Gasteiger partial charge in [-0.15, -0.1) is 10.2 Å². The maximum Gasteiger partial charge on any atom is 0.339 e. The van der Waals surface area contributed by atoms with Crippen LogP contribution in [0.25, 0.3) is 11.4 Å². The molecule has 0 bridgehead atoms. The van der Waals surface area contributed by atoms with E-state index in [1.807, 2.05) is 28.8 Å². The van der Waals surface area contributed by atoms with Crippen LogP contribution >= 0.6 is 23.4 Å². The fourth-order valence-electron chi connectivity index (χ4n) is 4.00. The molecule has 0 aliphatic carbocycles. The summed E-state index contributed by atoms with van der Waals surface area (Å²) in [4.78, 5) is 28.1. The zero-order valence-electron chi connectivity index (χ0n) is 18.7. The summed E-state index contributed by atoms with van der Waals surface area (Å²) in [7, 11) is 1.32. The van der Waals surface area contributed by atoms with Crippen LogP contribution in [0.3, 0.4) is 0 Å². The molecule has 1 atom stereocenters. The Labute approximate surface area is 201 Å². The fraction of sp³-hybridized carbons (Fsp3) is 0.391. The van der Waals surface area contributed by atoms with Crippen molar-refractivity contribution in [2.24, 2.45) is 0 Å². The number of hydrogen-bond acceptors (Lipinski definition) is 7. The van der Waals surface area contributed by atoms with Crippen LogP contribution in [-0.4, -0.2) is 57.1 Å². The van der Waals surface area contributed by atoms with Crippen LogP contribution in [0, 0.1) is 13.8 Å². The molecule has 4 rings (SSSR count). The molecular formula is C23H25ClN4O4S. The van der Waals surface area contributed by atoms with Gasteiger partial charge in [-0.25, -0.2) is 4.79 Å². The fourth-order valence-corrected chi connectivity index (χ4v) is 4.95. The number of rotatable bonds is 8. The van der Waals surface area contributed by atoms with Gasteiger partial charge >= 0.3 is 5.97 Å².